The minimum absolute atomic E-state index is 0.0942. The van der Waals surface area contributed by atoms with Gasteiger partial charge in [0, 0.05) is 24.8 Å². The first-order valence-electron chi connectivity index (χ1n) is 6.86. The molecule has 0 aliphatic heterocycles. The second-order valence-electron chi connectivity index (χ2n) is 5.29. The molecule has 0 spiro atoms. The molecule has 2 aromatic heterocycles. The van der Waals surface area contributed by atoms with Gasteiger partial charge in [-0.15, -0.1) is 0 Å². The van der Waals surface area contributed by atoms with Gasteiger partial charge < -0.3 is 11.1 Å². The monoisotopic (exact) mass is 290 g/mol. The van der Waals surface area contributed by atoms with Crippen LogP contribution in [0, 0.1) is 27.7 Å². The molecule has 0 radical (unpaired) electrons. The molecule has 0 unspecified atom stereocenters. The van der Waals surface area contributed by atoms with Crippen molar-refractivity contribution in [3.05, 3.63) is 28.3 Å². The topological polar surface area (TPSA) is 90.8 Å². The van der Waals surface area contributed by atoms with Gasteiger partial charge in [0.2, 0.25) is 5.91 Å². The van der Waals surface area contributed by atoms with Gasteiger partial charge in [0.25, 0.3) is 0 Å². The molecule has 2 aromatic rings. The van der Waals surface area contributed by atoms with Gasteiger partial charge in [0.15, 0.2) is 0 Å². The zero-order valence-electron chi connectivity index (χ0n) is 13.2. The number of carbonyl (C=O) groups is 1. The lowest BCUT2D eigenvalue weighted by atomic mass is 10.2. The fourth-order valence-corrected chi connectivity index (χ4v) is 2.32. The molecule has 0 bridgehead atoms. The Morgan fingerprint density at radius 2 is 1.81 bits per heavy atom. The fourth-order valence-electron chi connectivity index (χ4n) is 2.32. The number of hydrogen-bond acceptors (Lipinski definition) is 4. The van der Waals surface area contributed by atoms with Crippen molar-refractivity contribution in [1.82, 2.24) is 24.9 Å². The summed E-state index contributed by atoms with van der Waals surface area (Å²) < 4.78 is 3.45. The Morgan fingerprint density at radius 3 is 2.29 bits per heavy atom. The van der Waals surface area contributed by atoms with Crippen molar-refractivity contribution in [2.24, 2.45) is 7.05 Å². The van der Waals surface area contributed by atoms with Gasteiger partial charge in [-0.2, -0.15) is 10.2 Å². The number of nitrogens with two attached hydrogens (primary N) is 1. The molecule has 0 saturated carbocycles. The first-order chi connectivity index (χ1) is 9.81. The first-order valence-corrected chi connectivity index (χ1v) is 6.86. The summed E-state index contributed by atoms with van der Waals surface area (Å²) in [6.45, 7) is 8.26. The number of nitrogens with one attached hydrogen (secondary N) is 1. The second-order valence-corrected chi connectivity index (χ2v) is 5.29. The van der Waals surface area contributed by atoms with Crippen molar-refractivity contribution in [3.8, 4) is 0 Å². The first kappa shape index (κ1) is 15.1. The minimum Gasteiger partial charge on any atom is -0.396 e. The quantitative estimate of drug-likeness (QED) is 0.869. The van der Waals surface area contributed by atoms with Crippen LogP contribution in [0.2, 0.25) is 0 Å². The average molecular weight is 290 g/mol. The van der Waals surface area contributed by atoms with Crippen molar-refractivity contribution >= 4 is 11.6 Å². The molecule has 114 valence electrons. The highest BCUT2D eigenvalue weighted by Crippen LogP contribution is 2.14. The summed E-state index contributed by atoms with van der Waals surface area (Å²) in [5, 5.41) is 11.5. The van der Waals surface area contributed by atoms with Crippen LogP contribution in [0.5, 0.6) is 0 Å². The molecule has 0 aliphatic rings. The summed E-state index contributed by atoms with van der Waals surface area (Å²) in [6.07, 6.45) is 0. The van der Waals surface area contributed by atoms with Crippen LogP contribution in [0.15, 0.2) is 0 Å². The summed E-state index contributed by atoms with van der Waals surface area (Å²) in [6, 6.07) is 0. The van der Waals surface area contributed by atoms with Crippen molar-refractivity contribution in [2.45, 2.75) is 40.8 Å². The van der Waals surface area contributed by atoms with E-state index in [2.05, 4.69) is 15.5 Å². The summed E-state index contributed by atoms with van der Waals surface area (Å²) in [5.41, 5.74) is 11.1. The van der Waals surface area contributed by atoms with Crippen LogP contribution >= 0.6 is 0 Å². The predicted octanol–water partition coefficient (Wildman–Crippen LogP) is 0.749. The number of nitrogens with zero attached hydrogens (tertiary/aromatic N) is 4. The number of anilines is 1. The maximum atomic E-state index is 12.0. The van der Waals surface area contributed by atoms with E-state index < -0.39 is 0 Å². The SMILES string of the molecule is Cc1nn(CC(=O)NCc2c(C)nn(C)c2C)c(C)c1N. The molecular formula is C14H22N6O. The van der Waals surface area contributed by atoms with Crippen LogP contribution in [-0.4, -0.2) is 25.5 Å². The van der Waals surface area contributed by atoms with Gasteiger partial charge in [-0.25, -0.2) is 0 Å². The Morgan fingerprint density at radius 1 is 1.14 bits per heavy atom. The largest absolute Gasteiger partial charge is 0.396 e. The van der Waals surface area contributed by atoms with Gasteiger partial charge >= 0.3 is 0 Å². The van der Waals surface area contributed by atoms with E-state index in [1.165, 1.54) is 0 Å². The van der Waals surface area contributed by atoms with E-state index in [1.54, 1.807) is 4.68 Å². The lowest BCUT2D eigenvalue weighted by Gasteiger charge is -2.07. The smallest absolute Gasteiger partial charge is 0.242 e. The average Bonchev–Trinajstić information content (AvgIpc) is 2.80. The van der Waals surface area contributed by atoms with E-state index in [0.29, 0.717) is 12.2 Å². The molecule has 0 saturated heterocycles. The molecular weight excluding hydrogens is 268 g/mol. The van der Waals surface area contributed by atoms with Crippen LogP contribution < -0.4 is 11.1 Å². The molecule has 1 amide bonds. The predicted molar refractivity (Wildman–Crippen MR) is 80.6 cm³/mol. The number of hydrogen-bond donors (Lipinski definition) is 2. The van der Waals surface area contributed by atoms with Gasteiger partial charge in [-0.05, 0) is 27.7 Å². The Labute approximate surface area is 124 Å². The summed E-state index contributed by atoms with van der Waals surface area (Å²) in [7, 11) is 1.90. The zero-order valence-corrected chi connectivity index (χ0v) is 13.2. The number of aromatic nitrogens is 4. The van der Waals surface area contributed by atoms with Crippen LogP contribution in [-0.2, 0) is 24.9 Å². The van der Waals surface area contributed by atoms with Crippen molar-refractivity contribution in [3.63, 3.8) is 0 Å². The third-order valence-electron chi connectivity index (χ3n) is 3.85. The maximum absolute atomic E-state index is 12.0. The fraction of sp³-hybridized carbons (Fsp3) is 0.500. The van der Waals surface area contributed by atoms with E-state index in [1.807, 2.05) is 39.4 Å². The van der Waals surface area contributed by atoms with Crippen LogP contribution in [0.3, 0.4) is 0 Å². The lowest BCUT2D eigenvalue weighted by Crippen LogP contribution is -2.28. The van der Waals surface area contributed by atoms with Crippen LogP contribution in [0.1, 0.15) is 28.3 Å². The summed E-state index contributed by atoms with van der Waals surface area (Å²) in [4.78, 5) is 12.0. The highest BCUT2D eigenvalue weighted by atomic mass is 16.2. The summed E-state index contributed by atoms with van der Waals surface area (Å²) in [5.74, 6) is -0.0942. The number of nitrogen functional groups attached to an aromatic ring is 1. The standard InChI is InChI=1S/C14H22N6O/c1-8-12(10(3)19(5)17-8)6-16-13(21)7-20-11(4)14(15)9(2)18-20/h6-7,15H2,1-5H3,(H,16,21). The molecule has 0 fully saturated rings. The van der Waals surface area contributed by atoms with Crippen molar-refractivity contribution in [2.75, 3.05) is 5.73 Å². The molecule has 21 heavy (non-hydrogen) atoms. The number of amides is 1. The van der Waals surface area contributed by atoms with E-state index in [0.717, 1.165) is 28.3 Å². The Kier molecular flexibility index (Phi) is 4.02. The molecule has 2 heterocycles. The molecule has 3 N–H and O–H groups in total. The van der Waals surface area contributed by atoms with E-state index >= 15 is 0 Å². The Balaban J connectivity index is 2.01. The highest BCUT2D eigenvalue weighted by molar-refractivity contribution is 5.76. The van der Waals surface area contributed by atoms with E-state index in [4.69, 9.17) is 5.73 Å². The normalized spacial score (nSPS) is 10.9. The number of carbonyl (C=O) groups excluding carboxylic acids is 1. The van der Waals surface area contributed by atoms with Crippen LogP contribution in [0.25, 0.3) is 0 Å². The zero-order chi connectivity index (χ0) is 15.7. The second kappa shape index (κ2) is 5.59. The van der Waals surface area contributed by atoms with Crippen molar-refractivity contribution < 1.29 is 4.79 Å². The van der Waals surface area contributed by atoms with Gasteiger partial charge in [0.05, 0.1) is 22.8 Å². The van der Waals surface area contributed by atoms with Gasteiger partial charge in [-0.1, -0.05) is 0 Å². The number of aryl methyl sites for hydroxylation is 3. The highest BCUT2D eigenvalue weighted by Gasteiger charge is 2.13. The van der Waals surface area contributed by atoms with E-state index in [9.17, 15) is 4.79 Å². The molecule has 0 atom stereocenters. The van der Waals surface area contributed by atoms with Crippen LogP contribution in [0.4, 0.5) is 5.69 Å². The van der Waals surface area contributed by atoms with Crippen molar-refractivity contribution in [1.29, 1.82) is 0 Å². The molecule has 2 rings (SSSR count). The lowest BCUT2D eigenvalue weighted by molar-refractivity contribution is -0.122. The summed E-state index contributed by atoms with van der Waals surface area (Å²) >= 11 is 0. The molecule has 0 aromatic carbocycles. The Hall–Kier alpha value is -2.31. The maximum Gasteiger partial charge on any atom is 0.242 e. The molecule has 7 nitrogen and oxygen atoms in total. The van der Waals surface area contributed by atoms with Gasteiger partial charge in [0.1, 0.15) is 6.54 Å². The minimum atomic E-state index is -0.0942. The molecule has 0 aliphatic carbocycles. The third kappa shape index (κ3) is 2.91. The van der Waals surface area contributed by atoms with Gasteiger partial charge in [-0.3, -0.25) is 14.2 Å². The third-order valence-corrected chi connectivity index (χ3v) is 3.85. The Bertz CT molecular complexity index is 682. The number of rotatable bonds is 4. The van der Waals surface area contributed by atoms with E-state index in [-0.39, 0.29) is 12.5 Å². The molecule has 7 heteroatoms.